The summed E-state index contributed by atoms with van der Waals surface area (Å²) in [4.78, 5) is 12.1. The third-order valence-corrected chi connectivity index (χ3v) is 5.56. The van der Waals surface area contributed by atoms with Gasteiger partial charge in [0.2, 0.25) is 0 Å². The SMILES string of the molecule is NC(c1ccc2c(c1)C(=O)NCCC2)C1C2CCCC21. The van der Waals surface area contributed by atoms with Crippen LogP contribution in [0.25, 0.3) is 0 Å². The number of rotatable bonds is 2. The fraction of sp³-hybridized carbons (Fsp3) is 0.588. The number of nitrogens with two attached hydrogens (primary N) is 1. The first-order valence-corrected chi connectivity index (χ1v) is 7.92. The Morgan fingerprint density at radius 2 is 2.00 bits per heavy atom. The second-order valence-electron chi connectivity index (χ2n) is 6.64. The summed E-state index contributed by atoms with van der Waals surface area (Å²) in [5, 5.41) is 2.97. The zero-order valence-corrected chi connectivity index (χ0v) is 11.8. The van der Waals surface area contributed by atoms with Crippen LogP contribution in [0.1, 0.15) is 53.2 Å². The fourth-order valence-corrected chi connectivity index (χ4v) is 4.44. The maximum Gasteiger partial charge on any atom is 0.251 e. The molecule has 0 radical (unpaired) electrons. The molecule has 2 saturated carbocycles. The molecule has 20 heavy (non-hydrogen) atoms. The molecule has 3 heteroatoms. The predicted octanol–water partition coefficient (Wildman–Crippen LogP) is 2.41. The van der Waals surface area contributed by atoms with Crippen LogP contribution in [0, 0.1) is 17.8 Å². The van der Waals surface area contributed by atoms with Crippen LogP contribution in [-0.4, -0.2) is 12.5 Å². The molecule has 3 nitrogen and oxygen atoms in total. The van der Waals surface area contributed by atoms with Gasteiger partial charge >= 0.3 is 0 Å². The van der Waals surface area contributed by atoms with Crippen molar-refractivity contribution in [3.63, 3.8) is 0 Å². The number of carbonyl (C=O) groups excluding carboxylic acids is 1. The zero-order chi connectivity index (χ0) is 13.7. The van der Waals surface area contributed by atoms with Crippen molar-refractivity contribution >= 4 is 5.91 Å². The van der Waals surface area contributed by atoms with Gasteiger partial charge in [-0.05, 0) is 60.6 Å². The molecule has 1 aliphatic heterocycles. The van der Waals surface area contributed by atoms with Crippen molar-refractivity contribution in [1.82, 2.24) is 5.32 Å². The van der Waals surface area contributed by atoms with E-state index in [9.17, 15) is 4.79 Å². The third kappa shape index (κ3) is 1.87. The van der Waals surface area contributed by atoms with E-state index in [2.05, 4.69) is 23.5 Å². The molecule has 3 N–H and O–H groups in total. The van der Waals surface area contributed by atoms with Crippen LogP contribution < -0.4 is 11.1 Å². The van der Waals surface area contributed by atoms with Gasteiger partial charge in [-0.3, -0.25) is 4.79 Å². The first-order valence-electron chi connectivity index (χ1n) is 7.92. The minimum Gasteiger partial charge on any atom is -0.352 e. The molecule has 3 aliphatic rings. The zero-order valence-electron chi connectivity index (χ0n) is 11.8. The molecule has 0 spiro atoms. The van der Waals surface area contributed by atoms with Crippen LogP contribution in [0.15, 0.2) is 18.2 Å². The Balaban J connectivity index is 1.61. The van der Waals surface area contributed by atoms with Crippen LogP contribution >= 0.6 is 0 Å². The van der Waals surface area contributed by atoms with E-state index in [1.54, 1.807) is 0 Å². The summed E-state index contributed by atoms with van der Waals surface area (Å²) < 4.78 is 0. The van der Waals surface area contributed by atoms with Crippen molar-refractivity contribution in [2.45, 2.75) is 38.1 Å². The smallest absolute Gasteiger partial charge is 0.251 e. The molecule has 3 atom stereocenters. The fourth-order valence-electron chi connectivity index (χ4n) is 4.44. The monoisotopic (exact) mass is 270 g/mol. The summed E-state index contributed by atoms with van der Waals surface area (Å²) >= 11 is 0. The molecule has 2 fully saturated rings. The van der Waals surface area contributed by atoms with E-state index in [-0.39, 0.29) is 11.9 Å². The van der Waals surface area contributed by atoms with Gasteiger partial charge in [-0.15, -0.1) is 0 Å². The first kappa shape index (κ1) is 12.4. The lowest BCUT2D eigenvalue weighted by atomic mass is 9.93. The quantitative estimate of drug-likeness (QED) is 0.867. The Labute approximate surface area is 119 Å². The molecule has 106 valence electrons. The molecule has 1 aromatic carbocycles. The highest BCUT2D eigenvalue weighted by Crippen LogP contribution is 2.61. The summed E-state index contributed by atoms with van der Waals surface area (Å²) in [7, 11) is 0. The number of carbonyl (C=O) groups is 1. The van der Waals surface area contributed by atoms with Gasteiger partial charge < -0.3 is 11.1 Å². The Morgan fingerprint density at radius 3 is 2.80 bits per heavy atom. The lowest BCUT2D eigenvalue weighted by molar-refractivity contribution is 0.0956. The maximum atomic E-state index is 12.1. The van der Waals surface area contributed by atoms with Gasteiger partial charge in [-0.1, -0.05) is 18.6 Å². The summed E-state index contributed by atoms with van der Waals surface area (Å²) in [5.74, 6) is 2.45. The van der Waals surface area contributed by atoms with Crippen molar-refractivity contribution in [2.75, 3.05) is 6.54 Å². The van der Waals surface area contributed by atoms with Gasteiger partial charge in [0, 0.05) is 18.2 Å². The number of nitrogens with one attached hydrogen (secondary N) is 1. The van der Waals surface area contributed by atoms with Crippen LogP contribution in [0.4, 0.5) is 0 Å². The second kappa shape index (κ2) is 4.59. The predicted molar refractivity (Wildman–Crippen MR) is 78.3 cm³/mol. The molecule has 1 heterocycles. The Hall–Kier alpha value is -1.35. The number of hydrogen-bond acceptors (Lipinski definition) is 2. The molecule has 3 unspecified atom stereocenters. The van der Waals surface area contributed by atoms with Gasteiger partial charge in [-0.25, -0.2) is 0 Å². The maximum absolute atomic E-state index is 12.1. The normalized spacial score (nSPS) is 32.9. The van der Waals surface area contributed by atoms with E-state index in [0.29, 0.717) is 5.92 Å². The van der Waals surface area contributed by atoms with Gasteiger partial charge in [0.05, 0.1) is 0 Å². The van der Waals surface area contributed by atoms with Crippen molar-refractivity contribution in [3.05, 3.63) is 34.9 Å². The molecule has 1 amide bonds. The van der Waals surface area contributed by atoms with Crippen molar-refractivity contribution in [2.24, 2.45) is 23.5 Å². The standard InChI is InChI=1S/C17H22N2O/c18-16(15-12-4-1-5-13(12)15)11-7-6-10-3-2-8-19-17(20)14(10)9-11/h6-7,9,12-13,15-16H,1-5,8,18H2,(H,19,20). The minimum atomic E-state index is 0.0718. The number of benzene rings is 1. The molecule has 0 aromatic heterocycles. The van der Waals surface area contributed by atoms with Crippen LogP contribution in [-0.2, 0) is 6.42 Å². The molecule has 1 aromatic rings. The highest BCUT2D eigenvalue weighted by molar-refractivity contribution is 5.96. The van der Waals surface area contributed by atoms with E-state index in [0.717, 1.165) is 42.3 Å². The minimum absolute atomic E-state index is 0.0718. The lowest BCUT2D eigenvalue weighted by Crippen LogP contribution is -2.23. The van der Waals surface area contributed by atoms with Crippen LogP contribution in [0.2, 0.25) is 0 Å². The molecule has 4 rings (SSSR count). The van der Waals surface area contributed by atoms with Gasteiger partial charge in [0.1, 0.15) is 0 Å². The van der Waals surface area contributed by atoms with Gasteiger partial charge in [-0.2, -0.15) is 0 Å². The number of fused-ring (bicyclic) bond motifs is 2. The van der Waals surface area contributed by atoms with Crippen LogP contribution in [0.5, 0.6) is 0 Å². The van der Waals surface area contributed by atoms with Crippen LogP contribution in [0.3, 0.4) is 0 Å². The Bertz CT molecular complexity index is 544. The molecule has 0 saturated heterocycles. The molecule has 2 aliphatic carbocycles. The van der Waals surface area contributed by atoms with Crippen molar-refractivity contribution < 1.29 is 4.79 Å². The lowest BCUT2D eigenvalue weighted by Gasteiger charge is -2.16. The second-order valence-corrected chi connectivity index (χ2v) is 6.64. The summed E-state index contributed by atoms with van der Waals surface area (Å²) in [6, 6.07) is 6.44. The summed E-state index contributed by atoms with van der Waals surface area (Å²) in [6.07, 6.45) is 6.10. The summed E-state index contributed by atoms with van der Waals surface area (Å²) in [5.41, 5.74) is 9.65. The first-order chi connectivity index (χ1) is 9.75. The Morgan fingerprint density at radius 1 is 1.20 bits per heavy atom. The summed E-state index contributed by atoms with van der Waals surface area (Å²) in [6.45, 7) is 0.779. The highest BCUT2D eigenvalue weighted by Gasteiger charge is 2.55. The van der Waals surface area contributed by atoms with E-state index in [1.807, 2.05) is 0 Å². The third-order valence-electron chi connectivity index (χ3n) is 5.56. The van der Waals surface area contributed by atoms with E-state index < -0.39 is 0 Å². The van der Waals surface area contributed by atoms with E-state index in [4.69, 9.17) is 5.73 Å². The van der Waals surface area contributed by atoms with E-state index in [1.165, 1.54) is 24.8 Å². The van der Waals surface area contributed by atoms with E-state index >= 15 is 0 Å². The number of hydrogen-bond donors (Lipinski definition) is 2. The topological polar surface area (TPSA) is 55.1 Å². The molecule has 0 bridgehead atoms. The van der Waals surface area contributed by atoms with Crippen molar-refractivity contribution in [1.29, 1.82) is 0 Å². The average Bonchev–Trinajstić information content (AvgIpc) is 3.02. The molecular formula is C17H22N2O. The van der Waals surface area contributed by atoms with Gasteiger partial charge in [0.15, 0.2) is 0 Å². The van der Waals surface area contributed by atoms with Gasteiger partial charge in [0.25, 0.3) is 5.91 Å². The number of amides is 1. The highest BCUT2D eigenvalue weighted by atomic mass is 16.1. The number of aryl methyl sites for hydroxylation is 1. The average molecular weight is 270 g/mol. The molecular weight excluding hydrogens is 248 g/mol. The Kier molecular flexibility index (Phi) is 2.84. The van der Waals surface area contributed by atoms with Crippen molar-refractivity contribution in [3.8, 4) is 0 Å². The largest absolute Gasteiger partial charge is 0.352 e.